The van der Waals surface area contributed by atoms with Crippen LogP contribution in [0, 0.1) is 0 Å². The van der Waals surface area contributed by atoms with Gasteiger partial charge in [0, 0.05) is 42.5 Å². The Labute approximate surface area is 160 Å². The van der Waals surface area contributed by atoms with Crippen LogP contribution in [-0.2, 0) is 19.5 Å². The quantitative estimate of drug-likeness (QED) is 0.595. The number of H-pyrrole nitrogens is 1. The van der Waals surface area contributed by atoms with Gasteiger partial charge in [-0.2, -0.15) is 0 Å². The Hall–Kier alpha value is -2.83. The number of thiophene rings is 1. The molecule has 0 fully saturated rings. The summed E-state index contributed by atoms with van der Waals surface area (Å²) in [7, 11) is 0. The Balaban J connectivity index is 1.50. The van der Waals surface area contributed by atoms with Gasteiger partial charge in [0.25, 0.3) is 5.56 Å². The lowest BCUT2D eigenvalue weighted by Crippen LogP contribution is -2.29. The van der Waals surface area contributed by atoms with Crippen molar-refractivity contribution >= 4 is 21.6 Å². The van der Waals surface area contributed by atoms with Crippen LogP contribution in [0.3, 0.4) is 0 Å². The van der Waals surface area contributed by atoms with Crippen LogP contribution >= 0.6 is 11.3 Å². The molecule has 4 aromatic rings. The van der Waals surface area contributed by atoms with Crippen LogP contribution in [0.15, 0.2) is 59.7 Å². The third-order valence-electron chi connectivity index (χ3n) is 4.97. The van der Waals surface area contributed by atoms with Gasteiger partial charge in [-0.1, -0.05) is 30.3 Å². The molecule has 0 atom stereocenters. The topological polar surface area (TPSA) is 61.9 Å². The molecule has 5 rings (SSSR count). The molecular weight excluding hydrogens is 356 g/mol. The van der Waals surface area contributed by atoms with Crippen molar-refractivity contribution in [2.75, 3.05) is 6.54 Å². The maximum absolute atomic E-state index is 12.8. The summed E-state index contributed by atoms with van der Waals surface area (Å²) in [5.74, 6) is 0.584. The summed E-state index contributed by atoms with van der Waals surface area (Å²) in [6, 6.07) is 14.3. The smallest absolute Gasteiger partial charge is 0.260 e. The second-order valence-electron chi connectivity index (χ2n) is 6.79. The number of benzene rings is 1. The van der Waals surface area contributed by atoms with E-state index in [0.717, 1.165) is 41.8 Å². The largest absolute Gasteiger partial charge is 0.306 e. The molecule has 1 aliphatic heterocycles. The van der Waals surface area contributed by atoms with Gasteiger partial charge in [0.1, 0.15) is 10.7 Å². The molecule has 5 nitrogen and oxygen atoms in total. The van der Waals surface area contributed by atoms with E-state index in [0.29, 0.717) is 5.82 Å². The Morgan fingerprint density at radius 3 is 2.85 bits per heavy atom. The molecule has 0 amide bonds. The molecule has 0 bridgehead atoms. The molecular formula is C21H18N4OS. The van der Waals surface area contributed by atoms with Crippen LogP contribution in [-0.4, -0.2) is 26.4 Å². The zero-order valence-electron chi connectivity index (χ0n) is 14.7. The molecule has 27 heavy (non-hydrogen) atoms. The molecule has 0 radical (unpaired) electrons. The van der Waals surface area contributed by atoms with E-state index < -0.39 is 0 Å². The fourth-order valence-corrected chi connectivity index (χ4v) is 4.93. The lowest BCUT2D eigenvalue weighted by Gasteiger charge is -2.26. The molecule has 0 spiro atoms. The van der Waals surface area contributed by atoms with E-state index in [2.05, 4.69) is 39.1 Å². The van der Waals surface area contributed by atoms with Crippen molar-refractivity contribution in [2.45, 2.75) is 19.5 Å². The minimum Gasteiger partial charge on any atom is -0.306 e. The van der Waals surface area contributed by atoms with Gasteiger partial charge in [-0.25, -0.2) is 4.98 Å². The van der Waals surface area contributed by atoms with Crippen molar-refractivity contribution in [1.29, 1.82) is 0 Å². The van der Waals surface area contributed by atoms with E-state index in [1.807, 2.05) is 18.2 Å². The minimum atomic E-state index is -0.0483. The molecule has 0 saturated heterocycles. The van der Waals surface area contributed by atoms with Crippen LogP contribution in [0.5, 0.6) is 0 Å². The molecule has 3 aromatic heterocycles. The zero-order valence-corrected chi connectivity index (χ0v) is 15.5. The Bertz CT molecular complexity index is 1150. The molecule has 0 saturated carbocycles. The van der Waals surface area contributed by atoms with Crippen molar-refractivity contribution in [3.8, 4) is 11.4 Å². The van der Waals surface area contributed by atoms with Gasteiger partial charge in [0.2, 0.25) is 0 Å². The highest BCUT2D eigenvalue weighted by atomic mass is 32.1. The van der Waals surface area contributed by atoms with Gasteiger partial charge < -0.3 is 4.98 Å². The average molecular weight is 374 g/mol. The van der Waals surface area contributed by atoms with E-state index >= 15 is 0 Å². The summed E-state index contributed by atoms with van der Waals surface area (Å²) in [5, 5.41) is 0.766. The summed E-state index contributed by atoms with van der Waals surface area (Å²) >= 11 is 1.64. The summed E-state index contributed by atoms with van der Waals surface area (Å²) in [6.45, 7) is 2.75. The SMILES string of the molecule is O=c1[nH]c(-c2cccnc2)nc2sc3c(c12)CCN(Cc1ccccc1)C3. The van der Waals surface area contributed by atoms with Crippen molar-refractivity contribution < 1.29 is 0 Å². The lowest BCUT2D eigenvalue weighted by atomic mass is 10.0. The van der Waals surface area contributed by atoms with E-state index in [1.165, 1.54) is 16.0 Å². The van der Waals surface area contributed by atoms with E-state index in [-0.39, 0.29) is 5.56 Å². The highest BCUT2D eigenvalue weighted by Gasteiger charge is 2.24. The summed E-state index contributed by atoms with van der Waals surface area (Å²) < 4.78 is 0. The third kappa shape index (κ3) is 3.07. The Morgan fingerprint density at radius 1 is 1.15 bits per heavy atom. The maximum atomic E-state index is 12.8. The van der Waals surface area contributed by atoms with E-state index in [9.17, 15) is 4.79 Å². The van der Waals surface area contributed by atoms with Crippen LogP contribution in [0.4, 0.5) is 0 Å². The summed E-state index contributed by atoms with van der Waals surface area (Å²) in [6.07, 6.45) is 4.32. The number of aromatic nitrogens is 3. The van der Waals surface area contributed by atoms with Gasteiger partial charge >= 0.3 is 0 Å². The Morgan fingerprint density at radius 2 is 2.04 bits per heavy atom. The number of hydrogen-bond donors (Lipinski definition) is 1. The molecule has 134 valence electrons. The fourth-order valence-electron chi connectivity index (χ4n) is 3.67. The number of aromatic amines is 1. The van der Waals surface area contributed by atoms with Gasteiger partial charge in [-0.3, -0.25) is 14.7 Å². The second-order valence-corrected chi connectivity index (χ2v) is 7.87. The number of pyridine rings is 1. The number of nitrogens with one attached hydrogen (secondary N) is 1. The molecule has 1 aliphatic rings. The van der Waals surface area contributed by atoms with Gasteiger partial charge in [0.05, 0.1) is 5.39 Å². The predicted molar refractivity (Wildman–Crippen MR) is 108 cm³/mol. The van der Waals surface area contributed by atoms with E-state index in [1.54, 1.807) is 23.7 Å². The average Bonchev–Trinajstić information content (AvgIpc) is 3.07. The monoisotopic (exact) mass is 374 g/mol. The van der Waals surface area contributed by atoms with Crippen molar-refractivity contribution in [3.05, 3.63) is 81.2 Å². The van der Waals surface area contributed by atoms with Crippen LogP contribution in [0.2, 0.25) is 0 Å². The molecule has 1 N–H and O–H groups in total. The normalized spacial score (nSPS) is 14.4. The third-order valence-corrected chi connectivity index (χ3v) is 6.08. The lowest BCUT2D eigenvalue weighted by molar-refractivity contribution is 0.249. The highest BCUT2D eigenvalue weighted by Crippen LogP contribution is 2.33. The highest BCUT2D eigenvalue weighted by molar-refractivity contribution is 7.18. The standard InChI is InChI=1S/C21H18N4OS/c26-20-18-16-8-10-25(12-14-5-2-1-3-6-14)13-17(16)27-21(18)24-19(23-20)15-7-4-9-22-11-15/h1-7,9,11H,8,10,12-13H2,(H,23,24,26). The van der Waals surface area contributed by atoms with Gasteiger partial charge in [-0.15, -0.1) is 11.3 Å². The van der Waals surface area contributed by atoms with Crippen molar-refractivity contribution in [1.82, 2.24) is 19.9 Å². The Kier molecular flexibility index (Phi) is 4.07. The van der Waals surface area contributed by atoms with Crippen molar-refractivity contribution in [2.24, 2.45) is 0 Å². The number of nitrogens with zero attached hydrogens (tertiary/aromatic N) is 3. The zero-order chi connectivity index (χ0) is 18.2. The molecule has 4 heterocycles. The maximum Gasteiger partial charge on any atom is 0.260 e. The first-order valence-corrected chi connectivity index (χ1v) is 9.81. The summed E-state index contributed by atoms with van der Waals surface area (Å²) in [4.78, 5) is 29.1. The number of hydrogen-bond acceptors (Lipinski definition) is 5. The van der Waals surface area contributed by atoms with Crippen LogP contribution < -0.4 is 5.56 Å². The fraction of sp³-hybridized carbons (Fsp3) is 0.190. The first-order chi connectivity index (χ1) is 13.3. The number of fused-ring (bicyclic) bond motifs is 3. The van der Waals surface area contributed by atoms with Gasteiger partial charge in [0.15, 0.2) is 0 Å². The molecule has 6 heteroatoms. The summed E-state index contributed by atoms with van der Waals surface area (Å²) in [5.41, 5.74) is 3.27. The molecule has 1 aromatic carbocycles. The second kappa shape index (κ2) is 6.72. The number of rotatable bonds is 3. The van der Waals surface area contributed by atoms with Crippen LogP contribution in [0.25, 0.3) is 21.6 Å². The first kappa shape index (κ1) is 16.4. The predicted octanol–water partition coefficient (Wildman–Crippen LogP) is 3.60. The van der Waals surface area contributed by atoms with Gasteiger partial charge in [-0.05, 0) is 29.7 Å². The van der Waals surface area contributed by atoms with E-state index in [4.69, 9.17) is 4.98 Å². The van der Waals surface area contributed by atoms with Crippen molar-refractivity contribution in [3.63, 3.8) is 0 Å². The minimum absolute atomic E-state index is 0.0483. The molecule has 0 unspecified atom stereocenters. The van der Waals surface area contributed by atoms with Crippen LogP contribution in [0.1, 0.15) is 16.0 Å². The molecule has 0 aliphatic carbocycles. The first-order valence-electron chi connectivity index (χ1n) is 8.99.